The number of aromatic nitrogens is 2. The van der Waals surface area contributed by atoms with Gasteiger partial charge in [-0.2, -0.15) is 0 Å². The molecule has 1 unspecified atom stereocenters. The van der Waals surface area contributed by atoms with Gasteiger partial charge in [-0.1, -0.05) is 65.6 Å². The van der Waals surface area contributed by atoms with Crippen LogP contribution in [0.25, 0.3) is 0 Å². The van der Waals surface area contributed by atoms with E-state index in [1.54, 1.807) is 18.9 Å². The zero-order valence-corrected chi connectivity index (χ0v) is 16.4. The number of thioether (sulfide) groups is 1. The summed E-state index contributed by atoms with van der Waals surface area (Å²) >= 11 is 3.01. The summed E-state index contributed by atoms with van der Waals surface area (Å²) in [4.78, 5) is 12.4. The molecule has 2 aromatic carbocycles. The van der Waals surface area contributed by atoms with Crippen LogP contribution in [0.15, 0.2) is 58.9 Å². The van der Waals surface area contributed by atoms with Crippen LogP contribution in [0.3, 0.4) is 0 Å². The van der Waals surface area contributed by atoms with Gasteiger partial charge >= 0.3 is 0 Å². The first-order valence-electron chi connectivity index (χ1n) is 8.68. The van der Waals surface area contributed by atoms with Gasteiger partial charge in [-0.15, -0.1) is 10.2 Å². The van der Waals surface area contributed by atoms with Crippen LogP contribution >= 0.6 is 23.1 Å². The Bertz CT molecular complexity index is 930. The molecule has 1 heterocycles. The molecule has 7 heteroatoms. The predicted octanol–water partition coefficient (Wildman–Crippen LogP) is 4.58. The second-order valence-electron chi connectivity index (χ2n) is 6.36. The molecule has 3 aromatic rings. The number of nitrogens with one attached hydrogen (secondary N) is 1. The molecule has 1 N–H and O–H groups in total. The minimum Gasteiger partial charge on any atom is -0.497 e. The molecule has 4 rings (SSSR count). The van der Waals surface area contributed by atoms with Gasteiger partial charge in [0.05, 0.1) is 7.11 Å². The standard InChI is InChI=1S/C20H19N3O2S2/c1-25-15-9-5-6-13(10-15)12-26-20-23-22-19(27-20)21-18(24)17-11-16(17)14-7-3-2-4-8-14/h2-10,16-17H,11-12H2,1H3,(H,21,22,24)/t16-,17?/m0/s1. The Morgan fingerprint density at radius 3 is 2.89 bits per heavy atom. The lowest BCUT2D eigenvalue weighted by Crippen LogP contribution is -2.14. The monoisotopic (exact) mass is 397 g/mol. The Morgan fingerprint density at radius 1 is 1.22 bits per heavy atom. The van der Waals surface area contributed by atoms with Crippen LogP contribution in [0.2, 0.25) is 0 Å². The second-order valence-corrected chi connectivity index (χ2v) is 8.56. The zero-order valence-electron chi connectivity index (χ0n) is 14.8. The predicted molar refractivity (Wildman–Crippen MR) is 108 cm³/mol. The van der Waals surface area contributed by atoms with Crippen LogP contribution in [0.1, 0.15) is 23.5 Å². The number of anilines is 1. The number of benzene rings is 2. The van der Waals surface area contributed by atoms with Gasteiger partial charge in [0.1, 0.15) is 5.75 Å². The van der Waals surface area contributed by atoms with Crippen molar-refractivity contribution in [3.8, 4) is 5.75 Å². The van der Waals surface area contributed by atoms with Gasteiger partial charge in [-0.25, -0.2) is 0 Å². The molecule has 1 amide bonds. The molecule has 1 fully saturated rings. The lowest BCUT2D eigenvalue weighted by Gasteiger charge is -2.02. The van der Waals surface area contributed by atoms with Gasteiger partial charge in [0.25, 0.3) is 0 Å². The van der Waals surface area contributed by atoms with Crippen molar-refractivity contribution in [3.05, 3.63) is 65.7 Å². The molecule has 1 aliphatic rings. The maximum Gasteiger partial charge on any atom is 0.229 e. The van der Waals surface area contributed by atoms with E-state index >= 15 is 0 Å². The third-order valence-corrected chi connectivity index (χ3v) is 6.53. The molecule has 138 valence electrons. The summed E-state index contributed by atoms with van der Waals surface area (Å²) in [5.41, 5.74) is 2.38. The van der Waals surface area contributed by atoms with Gasteiger partial charge < -0.3 is 10.1 Å². The van der Waals surface area contributed by atoms with E-state index < -0.39 is 0 Å². The number of hydrogen-bond acceptors (Lipinski definition) is 6. The van der Waals surface area contributed by atoms with Crippen molar-refractivity contribution in [2.45, 2.75) is 22.4 Å². The third kappa shape index (κ3) is 4.48. The molecule has 1 aliphatic carbocycles. The van der Waals surface area contributed by atoms with E-state index in [1.165, 1.54) is 16.9 Å². The summed E-state index contributed by atoms with van der Waals surface area (Å²) in [7, 11) is 1.66. The van der Waals surface area contributed by atoms with E-state index in [9.17, 15) is 4.79 Å². The molecule has 0 radical (unpaired) electrons. The van der Waals surface area contributed by atoms with Gasteiger partial charge in [0, 0.05) is 11.7 Å². The molecule has 5 nitrogen and oxygen atoms in total. The van der Waals surface area contributed by atoms with E-state index in [4.69, 9.17) is 4.74 Å². The average molecular weight is 398 g/mol. The van der Waals surface area contributed by atoms with Crippen LogP contribution in [-0.2, 0) is 10.5 Å². The van der Waals surface area contributed by atoms with Gasteiger partial charge in [-0.05, 0) is 35.6 Å². The number of rotatable bonds is 7. The third-order valence-electron chi connectivity index (χ3n) is 4.49. The number of amides is 1. The largest absolute Gasteiger partial charge is 0.497 e. The van der Waals surface area contributed by atoms with Gasteiger partial charge in [0.2, 0.25) is 11.0 Å². The van der Waals surface area contributed by atoms with Crippen molar-refractivity contribution in [2.24, 2.45) is 5.92 Å². The first kappa shape index (κ1) is 18.0. The molecule has 0 aliphatic heterocycles. The van der Waals surface area contributed by atoms with Crippen molar-refractivity contribution >= 4 is 34.1 Å². The molecule has 27 heavy (non-hydrogen) atoms. The van der Waals surface area contributed by atoms with Crippen LogP contribution in [0.4, 0.5) is 5.13 Å². The Hall–Kier alpha value is -2.38. The van der Waals surface area contributed by atoms with Crippen molar-refractivity contribution in [1.29, 1.82) is 0 Å². The zero-order chi connectivity index (χ0) is 18.6. The van der Waals surface area contributed by atoms with E-state index in [2.05, 4.69) is 33.7 Å². The van der Waals surface area contributed by atoms with Gasteiger partial charge in [-0.3, -0.25) is 4.79 Å². The number of methoxy groups -OCH3 is 1. The molecule has 0 bridgehead atoms. The fraction of sp³-hybridized carbons (Fsp3) is 0.250. The lowest BCUT2D eigenvalue weighted by atomic mass is 10.1. The summed E-state index contributed by atoms with van der Waals surface area (Å²) in [5.74, 6) is 2.00. The molecule has 0 spiro atoms. The van der Waals surface area contributed by atoms with E-state index in [0.29, 0.717) is 11.0 Å². The molecule has 2 atom stereocenters. The fourth-order valence-corrected chi connectivity index (χ4v) is 4.68. The van der Waals surface area contributed by atoms with Crippen molar-refractivity contribution in [2.75, 3.05) is 12.4 Å². The number of carbonyl (C=O) groups is 1. The summed E-state index contributed by atoms with van der Waals surface area (Å²) in [6, 6.07) is 18.1. The van der Waals surface area contributed by atoms with E-state index in [1.807, 2.05) is 36.4 Å². The highest BCUT2D eigenvalue weighted by Crippen LogP contribution is 2.48. The first-order chi connectivity index (χ1) is 13.2. The van der Waals surface area contributed by atoms with Crippen molar-refractivity contribution in [3.63, 3.8) is 0 Å². The number of nitrogens with zero attached hydrogens (tertiary/aromatic N) is 2. The van der Waals surface area contributed by atoms with E-state index in [0.717, 1.165) is 27.8 Å². The first-order valence-corrected chi connectivity index (χ1v) is 10.5. The Morgan fingerprint density at radius 2 is 2.07 bits per heavy atom. The molecular formula is C20H19N3O2S2. The summed E-state index contributed by atoms with van der Waals surface area (Å²) in [6.45, 7) is 0. The number of hydrogen-bond donors (Lipinski definition) is 1. The van der Waals surface area contributed by atoms with Crippen LogP contribution in [0.5, 0.6) is 5.75 Å². The van der Waals surface area contributed by atoms with Crippen molar-refractivity contribution < 1.29 is 9.53 Å². The van der Waals surface area contributed by atoms with E-state index in [-0.39, 0.29) is 11.8 Å². The highest BCUT2D eigenvalue weighted by Gasteiger charge is 2.44. The minimum absolute atomic E-state index is 0.0317. The van der Waals surface area contributed by atoms with Crippen LogP contribution in [-0.4, -0.2) is 23.2 Å². The molecule has 0 saturated heterocycles. The lowest BCUT2D eigenvalue weighted by molar-refractivity contribution is -0.117. The average Bonchev–Trinajstić information content (AvgIpc) is 3.40. The van der Waals surface area contributed by atoms with Crippen LogP contribution < -0.4 is 10.1 Å². The Balaban J connectivity index is 1.30. The normalized spacial score (nSPS) is 18.1. The summed E-state index contributed by atoms with van der Waals surface area (Å²) < 4.78 is 6.08. The smallest absolute Gasteiger partial charge is 0.229 e. The van der Waals surface area contributed by atoms with Gasteiger partial charge in [0.15, 0.2) is 4.34 Å². The molecule has 1 saturated carbocycles. The van der Waals surface area contributed by atoms with Crippen LogP contribution in [0, 0.1) is 5.92 Å². The van der Waals surface area contributed by atoms with Crippen molar-refractivity contribution in [1.82, 2.24) is 10.2 Å². The SMILES string of the molecule is COc1cccc(CSc2nnc(NC(=O)C3C[C@H]3c3ccccc3)s2)c1. The summed E-state index contributed by atoms with van der Waals surface area (Å²) in [5, 5.41) is 11.7. The number of carbonyl (C=O) groups excluding carboxylic acids is 1. The maximum atomic E-state index is 12.4. The second kappa shape index (κ2) is 8.10. The topological polar surface area (TPSA) is 64.1 Å². The minimum atomic E-state index is 0.0317. The Labute approximate surface area is 166 Å². The number of ether oxygens (including phenoxy) is 1. The fourth-order valence-electron chi connectivity index (χ4n) is 2.98. The molecule has 1 aromatic heterocycles. The highest BCUT2D eigenvalue weighted by molar-refractivity contribution is 8.00. The maximum absolute atomic E-state index is 12.4. The quantitative estimate of drug-likeness (QED) is 0.467. The molecular weight excluding hydrogens is 378 g/mol. The summed E-state index contributed by atoms with van der Waals surface area (Å²) in [6.07, 6.45) is 0.895. The Kier molecular flexibility index (Phi) is 5.40. The highest BCUT2D eigenvalue weighted by atomic mass is 32.2.